The van der Waals surface area contributed by atoms with Crippen LogP contribution >= 0.6 is 23.1 Å². The minimum absolute atomic E-state index is 0.110. The zero-order chi connectivity index (χ0) is 21.5. The number of amides is 1. The summed E-state index contributed by atoms with van der Waals surface area (Å²) in [4.78, 5) is 25.0. The molecule has 1 N–H and O–H groups in total. The van der Waals surface area contributed by atoms with Gasteiger partial charge in [-0.25, -0.2) is 9.48 Å². The third-order valence-electron chi connectivity index (χ3n) is 4.46. The largest absolute Gasteiger partial charge is 0.462 e. The molecule has 3 rings (SSSR count). The molecule has 1 atom stereocenters. The summed E-state index contributed by atoms with van der Waals surface area (Å²) in [7, 11) is 0. The van der Waals surface area contributed by atoms with Gasteiger partial charge in [0.05, 0.1) is 30.6 Å². The van der Waals surface area contributed by atoms with Crippen molar-refractivity contribution in [1.29, 1.82) is 0 Å². The van der Waals surface area contributed by atoms with Crippen molar-refractivity contribution < 1.29 is 19.1 Å². The lowest BCUT2D eigenvalue weighted by atomic mass is 10.0. The van der Waals surface area contributed by atoms with E-state index in [-0.39, 0.29) is 24.4 Å². The Morgan fingerprint density at radius 2 is 2.30 bits per heavy atom. The number of ether oxygens (including phenoxy) is 2. The molecule has 1 unspecified atom stereocenters. The normalized spacial score (nSPS) is 16.2. The van der Waals surface area contributed by atoms with Gasteiger partial charge in [-0.15, -0.1) is 16.4 Å². The Bertz CT molecular complexity index is 861. The van der Waals surface area contributed by atoms with Crippen LogP contribution in [0.1, 0.15) is 49.5 Å². The highest BCUT2D eigenvalue weighted by atomic mass is 32.2. The van der Waals surface area contributed by atoms with Gasteiger partial charge in [-0.2, -0.15) is 0 Å². The predicted octanol–water partition coefficient (Wildman–Crippen LogP) is 3.02. The average molecular weight is 454 g/mol. The van der Waals surface area contributed by atoms with Crippen LogP contribution in [0.2, 0.25) is 0 Å². The molecule has 1 fully saturated rings. The molecule has 0 bridgehead atoms. The van der Waals surface area contributed by atoms with E-state index in [9.17, 15) is 9.59 Å². The molecule has 1 aliphatic rings. The molecule has 164 valence electrons. The maximum atomic E-state index is 12.5. The highest BCUT2D eigenvalue weighted by molar-refractivity contribution is 7.99. The Kier molecular flexibility index (Phi) is 8.23. The molecule has 0 saturated carbocycles. The number of carbonyl (C=O) groups is 2. The minimum atomic E-state index is -0.405. The van der Waals surface area contributed by atoms with Gasteiger partial charge in [0.25, 0.3) is 0 Å². The van der Waals surface area contributed by atoms with E-state index < -0.39 is 5.97 Å². The summed E-state index contributed by atoms with van der Waals surface area (Å²) in [5.41, 5.74) is 1.36. The van der Waals surface area contributed by atoms with Gasteiger partial charge in [-0.3, -0.25) is 4.79 Å². The lowest BCUT2D eigenvalue weighted by Crippen LogP contribution is -2.19. The number of thioether (sulfide) groups is 1. The highest BCUT2D eigenvalue weighted by Crippen LogP contribution is 2.31. The van der Waals surface area contributed by atoms with Crippen LogP contribution in [0.5, 0.6) is 0 Å². The number of nitrogens with one attached hydrogen (secondary N) is 1. The number of carbonyl (C=O) groups excluding carboxylic acids is 2. The average Bonchev–Trinajstić information content (AvgIpc) is 3.43. The molecule has 1 saturated heterocycles. The van der Waals surface area contributed by atoms with Crippen molar-refractivity contribution in [2.45, 2.75) is 57.8 Å². The monoisotopic (exact) mass is 453 g/mol. The maximum absolute atomic E-state index is 12.5. The summed E-state index contributed by atoms with van der Waals surface area (Å²) in [6, 6.07) is 0. The van der Waals surface area contributed by atoms with Gasteiger partial charge in [0, 0.05) is 6.61 Å². The molecule has 2 aromatic heterocycles. The van der Waals surface area contributed by atoms with Gasteiger partial charge in [-0.1, -0.05) is 25.6 Å². The van der Waals surface area contributed by atoms with Gasteiger partial charge in [0.15, 0.2) is 0 Å². The van der Waals surface area contributed by atoms with E-state index in [0.29, 0.717) is 28.2 Å². The Morgan fingerprint density at radius 1 is 1.47 bits per heavy atom. The Balaban J connectivity index is 1.62. The van der Waals surface area contributed by atoms with Gasteiger partial charge >= 0.3 is 5.97 Å². The van der Waals surface area contributed by atoms with E-state index in [1.54, 1.807) is 11.6 Å². The van der Waals surface area contributed by atoms with Crippen molar-refractivity contribution in [2.24, 2.45) is 5.92 Å². The summed E-state index contributed by atoms with van der Waals surface area (Å²) < 4.78 is 12.5. The molecule has 0 spiro atoms. The highest BCUT2D eigenvalue weighted by Gasteiger charge is 2.23. The number of hydrogen-bond donors (Lipinski definition) is 1. The third-order valence-corrected chi connectivity index (χ3v) is 6.36. The zero-order valence-electron chi connectivity index (χ0n) is 17.4. The van der Waals surface area contributed by atoms with Crippen LogP contribution in [0.15, 0.2) is 10.5 Å². The fraction of sp³-hybridized carbons (Fsp3) is 0.632. The van der Waals surface area contributed by atoms with Gasteiger partial charge in [0.1, 0.15) is 5.00 Å². The minimum Gasteiger partial charge on any atom is -0.462 e. The van der Waals surface area contributed by atoms with Gasteiger partial charge in [-0.05, 0) is 53.5 Å². The van der Waals surface area contributed by atoms with E-state index in [4.69, 9.17) is 9.47 Å². The summed E-state index contributed by atoms with van der Waals surface area (Å²) in [6.07, 6.45) is 2.88. The Morgan fingerprint density at radius 3 is 3.00 bits per heavy atom. The molecule has 3 heterocycles. The number of anilines is 1. The molecule has 0 aromatic carbocycles. The number of thiophene rings is 1. The standard InChI is InChI=1S/C19H27N5O4S2/c1-4-27-18(26)16-13(8-12(2)3)10-29-17(16)20-15(25)11-30-19-21-22-23-24(19)9-14-6-5-7-28-14/h10,12,14H,4-9,11H2,1-3H3,(H,20,25). The zero-order valence-corrected chi connectivity index (χ0v) is 19.1. The molecule has 1 amide bonds. The SMILES string of the molecule is CCOC(=O)c1c(CC(C)C)csc1NC(=O)CSc1nnnn1CC1CCCO1. The van der Waals surface area contributed by atoms with Crippen molar-refractivity contribution in [1.82, 2.24) is 20.2 Å². The smallest absolute Gasteiger partial charge is 0.341 e. The molecule has 0 aliphatic carbocycles. The summed E-state index contributed by atoms with van der Waals surface area (Å²) >= 11 is 2.60. The summed E-state index contributed by atoms with van der Waals surface area (Å²) in [5.74, 6) is -0.117. The van der Waals surface area contributed by atoms with E-state index >= 15 is 0 Å². The van der Waals surface area contributed by atoms with Gasteiger partial charge < -0.3 is 14.8 Å². The Labute approximate surface area is 183 Å². The molecular weight excluding hydrogens is 426 g/mol. The van der Waals surface area contributed by atoms with Crippen LogP contribution < -0.4 is 5.32 Å². The first-order valence-corrected chi connectivity index (χ1v) is 11.9. The van der Waals surface area contributed by atoms with E-state index in [0.717, 1.165) is 31.4 Å². The summed E-state index contributed by atoms with van der Waals surface area (Å²) in [5, 5.41) is 17.6. The number of esters is 1. The second-order valence-corrected chi connectivity index (χ2v) is 9.22. The number of tetrazole rings is 1. The topological polar surface area (TPSA) is 108 Å². The first-order valence-electron chi connectivity index (χ1n) is 10.1. The summed E-state index contributed by atoms with van der Waals surface area (Å²) in [6.45, 7) is 7.56. The molecule has 1 aliphatic heterocycles. The van der Waals surface area contributed by atoms with Crippen LogP contribution in [-0.4, -0.2) is 57.2 Å². The van der Waals surface area contributed by atoms with Crippen molar-refractivity contribution in [3.05, 3.63) is 16.5 Å². The molecule has 30 heavy (non-hydrogen) atoms. The number of hydrogen-bond acceptors (Lipinski definition) is 9. The quantitative estimate of drug-likeness (QED) is 0.432. The van der Waals surface area contributed by atoms with Crippen LogP contribution in [0.3, 0.4) is 0 Å². The molecule has 11 heteroatoms. The van der Waals surface area contributed by atoms with E-state index in [1.165, 1.54) is 23.1 Å². The fourth-order valence-electron chi connectivity index (χ4n) is 3.19. The second kappa shape index (κ2) is 10.9. The van der Waals surface area contributed by atoms with E-state index in [1.807, 2.05) is 5.38 Å². The fourth-order valence-corrected chi connectivity index (χ4v) is 4.86. The van der Waals surface area contributed by atoms with Crippen LogP contribution in [-0.2, 0) is 27.2 Å². The van der Waals surface area contributed by atoms with Gasteiger partial charge in [0.2, 0.25) is 11.1 Å². The van der Waals surface area contributed by atoms with Crippen molar-refractivity contribution in [3.63, 3.8) is 0 Å². The predicted molar refractivity (Wildman–Crippen MR) is 115 cm³/mol. The number of nitrogens with zero attached hydrogens (tertiary/aromatic N) is 4. The second-order valence-electron chi connectivity index (χ2n) is 7.40. The maximum Gasteiger partial charge on any atom is 0.341 e. The first kappa shape index (κ1) is 22.7. The van der Waals surface area contributed by atoms with E-state index in [2.05, 4.69) is 34.7 Å². The number of rotatable bonds is 10. The number of aromatic nitrogens is 4. The Hall–Kier alpha value is -1.98. The third kappa shape index (κ3) is 6.02. The van der Waals surface area contributed by atoms with Crippen molar-refractivity contribution in [3.8, 4) is 0 Å². The van der Waals surface area contributed by atoms with Crippen molar-refractivity contribution in [2.75, 3.05) is 24.3 Å². The van der Waals surface area contributed by atoms with Crippen molar-refractivity contribution >= 4 is 40.0 Å². The van der Waals surface area contributed by atoms with Crippen LogP contribution in [0, 0.1) is 5.92 Å². The van der Waals surface area contributed by atoms with Crippen LogP contribution in [0.25, 0.3) is 0 Å². The molecule has 0 radical (unpaired) electrons. The first-order chi connectivity index (χ1) is 14.5. The molecular formula is C19H27N5O4S2. The van der Waals surface area contributed by atoms with Crippen LogP contribution in [0.4, 0.5) is 5.00 Å². The molecule has 2 aromatic rings. The molecule has 9 nitrogen and oxygen atoms in total. The lowest BCUT2D eigenvalue weighted by molar-refractivity contribution is -0.113. The lowest BCUT2D eigenvalue weighted by Gasteiger charge is -2.11.